The smallest absolute Gasteiger partial charge is 0.0991 e. The molecule has 0 unspecified atom stereocenters. The molecule has 0 atom stereocenters. The molecule has 1 aromatic rings. The van der Waals surface area contributed by atoms with Crippen LogP contribution in [0.3, 0.4) is 0 Å². The van der Waals surface area contributed by atoms with Crippen LogP contribution in [0, 0.1) is 11.3 Å². The van der Waals surface area contributed by atoms with Crippen molar-refractivity contribution in [1.29, 1.82) is 5.26 Å². The number of hydrogen-bond acceptors (Lipinski definition) is 3. The van der Waals surface area contributed by atoms with Crippen LogP contribution in [-0.2, 0) is 6.54 Å². The number of nitrogens with one attached hydrogen (secondary N) is 1. The van der Waals surface area contributed by atoms with Gasteiger partial charge in [-0.25, -0.2) is 0 Å². The van der Waals surface area contributed by atoms with Gasteiger partial charge in [0.05, 0.1) is 11.6 Å². The van der Waals surface area contributed by atoms with E-state index in [-0.39, 0.29) is 0 Å². The third kappa shape index (κ3) is 3.85. The van der Waals surface area contributed by atoms with Gasteiger partial charge in [0.15, 0.2) is 0 Å². The van der Waals surface area contributed by atoms with Gasteiger partial charge in [-0.1, -0.05) is 12.1 Å². The van der Waals surface area contributed by atoms with Crippen molar-refractivity contribution in [3.8, 4) is 6.07 Å². The molecule has 1 aliphatic heterocycles. The van der Waals surface area contributed by atoms with Gasteiger partial charge in [-0.3, -0.25) is 0 Å². The SMILES string of the molecule is N#Cc1ccc(CNCCN2CCCC2)cc1. The number of rotatable bonds is 5. The molecular weight excluding hydrogens is 210 g/mol. The van der Waals surface area contributed by atoms with E-state index >= 15 is 0 Å². The van der Waals surface area contributed by atoms with E-state index < -0.39 is 0 Å². The lowest BCUT2D eigenvalue weighted by Gasteiger charge is -2.14. The summed E-state index contributed by atoms with van der Waals surface area (Å²) in [7, 11) is 0. The van der Waals surface area contributed by atoms with E-state index in [1.165, 1.54) is 31.5 Å². The van der Waals surface area contributed by atoms with Crippen LogP contribution in [0.4, 0.5) is 0 Å². The Hall–Kier alpha value is -1.37. The van der Waals surface area contributed by atoms with Gasteiger partial charge in [-0.15, -0.1) is 0 Å². The normalized spacial score (nSPS) is 15.9. The highest BCUT2D eigenvalue weighted by Crippen LogP contribution is 2.06. The minimum Gasteiger partial charge on any atom is -0.311 e. The molecule has 0 amide bonds. The molecule has 17 heavy (non-hydrogen) atoms. The van der Waals surface area contributed by atoms with Gasteiger partial charge in [0.2, 0.25) is 0 Å². The molecule has 1 saturated heterocycles. The highest BCUT2D eigenvalue weighted by molar-refractivity contribution is 5.31. The minimum absolute atomic E-state index is 0.728. The zero-order chi connectivity index (χ0) is 11.9. The van der Waals surface area contributed by atoms with Crippen molar-refractivity contribution >= 4 is 0 Å². The largest absolute Gasteiger partial charge is 0.311 e. The standard InChI is InChI=1S/C14H19N3/c15-11-13-3-5-14(6-4-13)12-16-7-10-17-8-1-2-9-17/h3-6,16H,1-2,7-10,12H2. The molecule has 1 aliphatic rings. The highest BCUT2D eigenvalue weighted by Gasteiger charge is 2.09. The monoisotopic (exact) mass is 229 g/mol. The molecule has 0 bridgehead atoms. The maximum Gasteiger partial charge on any atom is 0.0991 e. The number of likely N-dealkylation sites (tertiary alicyclic amines) is 1. The van der Waals surface area contributed by atoms with Crippen LogP contribution in [0.15, 0.2) is 24.3 Å². The fourth-order valence-electron chi connectivity index (χ4n) is 2.17. The summed E-state index contributed by atoms with van der Waals surface area (Å²) < 4.78 is 0. The van der Waals surface area contributed by atoms with Crippen LogP contribution in [0.25, 0.3) is 0 Å². The zero-order valence-corrected chi connectivity index (χ0v) is 10.2. The van der Waals surface area contributed by atoms with E-state index in [0.717, 1.165) is 25.2 Å². The molecule has 0 aliphatic carbocycles. The molecule has 1 N–H and O–H groups in total. The Morgan fingerprint density at radius 2 is 1.88 bits per heavy atom. The van der Waals surface area contributed by atoms with Crippen LogP contribution in [-0.4, -0.2) is 31.1 Å². The molecule has 0 aromatic heterocycles. The Kier molecular flexibility index (Phi) is 4.54. The first-order valence-electron chi connectivity index (χ1n) is 6.30. The molecule has 1 aromatic carbocycles. The number of nitriles is 1. The van der Waals surface area contributed by atoms with Crippen molar-refractivity contribution in [2.45, 2.75) is 19.4 Å². The van der Waals surface area contributed by atoms with Crippen LogP contribution < -0.4 is 5.32 Å². The van der Waals surface area contributed by atoms with E-state index in [9.17, 15) is 0 Å². The summed E-state index contributed by atoms with van der Waals surface area (Å²) in [6, 6.07) is 9.91. The topological polar surface area (TPSA) is 39.1 Å². The van der Waals surface area contributed by atoms with E-state index in [2.05, 4.69) is 16.3 Å². The van der Waals surface area contributed by atoms with Crippen molar-refractivity contribution < 1.29 is 0 Å². The molecule has 0 spiro atoms. The molecular formula is C14H19N3. The summed E-state index contributed by atoms with van der Waals surface area (Å²) in [5.41, 5.74) is 1.97. The van der Waals surface area contributed by atoms with Crippen LogP contribution >= 0.6 is 0 Å². The summed E-state index contributed by atoms with van der Waals surface area (Å²) in [4.78, 5) is 2.51. The number of nitrogens with zero attached hydrogens (tertiary/aromatic N) is 2. The molecule has 90 valence electrons. The molecule has 3 nitrogen and oxygen atoms in total. The Morgan fingerprint density at radius 3 is 2.53 bits per heavy atom. The van der Waals surface area contributed by atoms with Crippen molar-refractivity contribution in [3.63, 3.8) is 0 Å². The van der Waals surface area contributed by atoms with Gasteiger partial charge >= 0.3 is 0 Å². The second-order valence-electron chi connectivity index (χ2n) is 4.53. The summed E-state index contributed by atoms with van der Waals surface area (Å²) in [5, 5.41) is 12.1. The molecule has 2 rings (SSSR count). The Labute approximate surface area is 103 Å². The second-order valence-corrected chi connectivity index (χ2v) is 4.53. The fraction of sp³-hybridized carbons (Fsp3) is 0.500. The third-order valence-corrected chi connectivity index (χ3v) is 3.22. The first-order valence-corrected chi connectivity index (χ1v) is 6.30. The molecule has 3 heteroatoms. The van der Waals surface area contributed by atoms with Crippen molar-refractivity contribution in [2.75, 3.05) is 26.2 Å². The second kappa shape index (κ2) is 6.39. The average Bonchev–Trinajstić information content (AvgIpc) is 2.88. The lowest BCUT2D eigenvalue weighted by Crippen LogP contribution is -2.29. The van der Waals surface area contributed by atoms with E-state index in [0.29, 0.717) is 0 Å². The molecule has 0 saturated carbocycles. The van der Waals surface area contributed by atoms with Gasteiger partial charge in [0.25, 0.3) is 0 Å². The van der Waals surface area contributed by atoms with Gasteiger partial charge in [-0.05, 0) is 43.6 Å². The fourth-order valence-corrected chi connectivity index (χ4v) is 2.17. The average molecular weight is 229 g/mol. The van der Waals surface area contributed by atoms with Gasteiger partial charge in [0.1, 0.15) is 0 Å². The number of benzene rings is 1. The number of hydrogen-bond donors (Lipinski definition) is 1. The van der Waals surface area contributed by atoms with E-state index in [4.69, 9.17) is 5.26 Å². The third-order valence-electron chi connectivity index (χ3n) is 3.22. The molecule has 1 fully saturated rings. The Bertz CT molecular complexity index is 371. The lowest BCUT2D eigenvalue weighted by molar-refractivity contribution is 0.335. The quantitative estimate of drug-likeness (QED) is 0.782. The van der Waals surface area contributed by atoms with E-state index in [1.807, 2.05) is 24.3 Å². The van der Waals surface area contributed by atoms with Gasteiger partial charge in [-0.2, -0.15) is 5.26 Å². The highest BCUT2D eigenvalue weighted by atomic mass is 15.1. The predicted molar refractivity (Wildman–Crippen MR) is 68.5 cm³/mol. The van der Waals surface area contributed by atoms with Crippen LogP contribution in [0.5, 0.6) is 0 Å². The molecule has 0 radical (unpaired) electrons. The summed E-state index contributed by atoms with van der Waals surface area (Å²) in [6.45, 7) is 5.60. The maximum atomic E-state index is 8.69. The van der Waals surface area contributed by atoms with E-state index in [1.54, 1.807) is 0 Å². The first-order chi connectivity index (χ1) is 8.38. The maximum absolute atomic E-state index is 8.69. The Morgan fingerprint density at radius 1 is 1.18 bits per heavy atom. The lowest BCUT2D eigenvalue weighted by atomic mass is 10.1. The summed E-state index contributed by atoms with van der Waals surface area (Å²) in [6.07, 6.45) is 2.71. The Balaban J connectivity index is 1.65. The minimum atomic E-state index is 0.728. The first kappa shape index (κ1) is 12.1. The molecule has 1 heterocycles. The predicted octanol–water partition coefficient (Wildman–Crippen LogP) is 1.74. The van der Waals surface area contributed by atoms with Crippen molar-refractivity contribution in [3.05, 3.63) is 35.4 Å². The van der Waals surface area contributed by atoms with Crippen molar-refractivity contribution in [1.82, 2.24) is 10.2 Å². The van der Waals surface area contributed by atoms with Crippen LogP contribution in [0.2, 0.25) is 0 Å². The van der Waals surface area contributed by atoms with Gasteiger partial charge in [0, 0.05) is 19.6 Å². The zero-order valence-electron chi connectivity index (χ0n) is 10.2. The summed E-state index contributed by atoms with van der Waals surface area (Å²) in [5.74, 6) is 0. The van der Waals surface area contributed by atoms with Gasteiger partial charge < -0.3 is 10.2 Å². The van der Waals surface area contributed by atoms with Crippen molar-refractivity contribution in [2.24, 2.45) is 0 Å². The summed E-state index contributed by atoms with van der Waals surface area (Å²) >= 11 is 0. The van der Waals surface area contributed by atoms with Crippen LogP contribution in [0.1, 0.15) is 24.0 Å².